The quantitative estimate of drug-likeness (QED) is 0.469. The average molecular weight is 546 g/mol. The van der Waals surface area contributed by atoms with Crippen LogP contribution in [-0.4, -0.2) is 92.3 Å². The van der Waals surface area contributed by atoms with E-state index in [-0.39, 0.29) is 42.5 Å². The molecule has 0 unspecified atom stereocenters. The normalized spacial score (nSPS) is 20.6. The molecule has 3 aromatic rings. The first-order valence-electron chi connectivity index (χ1n) is 12.7. The van der Waals surface area contributed by atoms with Crippen molar-refractivity contribution < 1.29 is 23.1 Å². The summed E-state index contributed by atoms with van der Waals surface area (Å²) >= 11 is 0. The zero-order chi connectivity index (χ0) is 27.3. The van der Waals surface area contributed by atoms with Crippen molar-refractivity contribution in [2.24, 2.45) is 5.92 Å². The molecular weight excluding hydrogens is 510 g/mol. The fourth-order valence-electron chi connectivity index (χ4n) is 4.42. The van der Waals surface area contributed by atoms with Gasteiger partial charge < -0.3 is 14.7 Å². The van der Waals surface area contributed by atoms with Crippen LogP contribution in [0.4, 0.5) is 0 Å². The Hall–Kier alpha value is -3.13. The maximum absolute atomic E-state index is 13.4. The number of nitrogens with zero attached hydrogens (tertiary/aromatic N) is 7. The van der Waals surface area contributed by atoms with Gasteiger partial charge in [0.2, 0.25) is 15.9 Å². The Labute approximate surface area is 222 Å². The Morgan fingerprint density at radius 2 is 2.03 bits per heavy atom. The summed E-state index contributed by atoms with van der Waals surface area (Å²) in [6, 6.07) is 7.94. The lowest BCUT2D eigenvalue weighted by molar-refractivity contribution is -0.136. The van der Waals surface area contributed by atoms with E-state index in [1.165, 1.54) is 11.4 Å². The SMILES string of the molecule is C[C@@H]1CN([C@@H](C)CO)C(=O)CCCn2cc(nn2)CO[C@@H]1CN(C)S(=O)(=O)c1ccc(-n2cccn2)cc1. The smallest absolute Gasteiger partial charge is 0.242 e. The van der Waals surface area contributed by atoms with Gasteiger partial charge in [-0.05, 0) is 43.7 Å². The molecule has 2 aromatic heterocycles. The number of aromatic nitrogens is 5. The van der Waals surface area contributed by atoms with Crippen molar-refractivity contribution in [3.63, 3.8) is 0 Å². The first kappa shape index (κ1) is 27.9. The van der Waals surface area contributed by atoms with E-state index in [4.69, 9.17) is 4.74 Å². The van der Waals surface area contributed by atoms with Crippen molar-refractivity contribution in [3.05, 3.63) is 54.6 Å². The Bertz CT molecular complexity index is 1290. The standard InChI is InChI=1S/C25H35N7O5S/c1-19-14-31(20(2)17-33)25(34)6-4-12-30-15-21(27-28-30)18-37-24(19)16-29(3)38(35,36)23-9-7-22(8-10-23)32-13-5-11-26-32/h5,7-11,13,15,19-20,24,33H,4,6,12,14,16-18H2,1-3H3/t19-,20+,24-/m1/s1. The second-order valence-electron chi connectivity index (χ2n) is 9.71. The number of amides is 1. The number of benzene rings is 1. The third-order valence-electron chi connectivity index (χ3n) is 6.80. The number of aliphatic hydroxyl groups is 1. The van der Waals surface area contributed by atoms with Gasteiger partial charge in [0.25, 0.3) is 0 Å². The summed E-state index contributed by atoms with van der Waals surface area (Å²) in [4.78, 5) is 14.8. The molecule has 38 heavy (non-hydrogen) atoms. The summed E-state index contributed by atoms with van der Waals surface area (Å²) in [6.07, 6.45) is 5.56. The number of likely N-dealkylation sites (N-methyl/N-ethyl adjacent to an activating group) is 1. The second kappa shape index (κ2) is 12.2. The molecule has 0 spiro atoms. The molecule has 3 atom stereocenters. The minimum absolute atomic E-state index is 0.0636. The van der Waals surface area contributed by atoms with E-state index in [2.05, 4.69) is 15.4 Å². The number of aryl methyl sites for hydroxylation is 1. The van der Waals surface area contributed by atoms with Gasteiger partial charge in [-0.1, -0.05) is 12.1 Å². The average Bonchev–Trinajstić information content (AvgIpc) is 3.61. The van der Waals surface area contributed by atoms with Gasteiger partial charge in [0.05, 0.1) is 42.1 Å². The number of carbonyl (C=O) groups excluding carboxylic acids is 1. The molecule has 3 heterocycles. The van der Waals surface area contributed by atoms with Crippen LogP contribution in [0.15, 0.2) is 53.8 Å². The summed E-state index contributed by atoms with van der Waals surface area (Å²) in [5.74, 6) is -0.307. The van der Waals surface area contributed by atoms with Gasteiger partial charge in [-0.15, -0.1) is 5.10 Å². The Balaban J connectivity index is 1.55. The number of sulfonamides is 1. The van der Waals surface area contributed by atoms with Crippen molar-refractivity contribution >= 4 is 15.9 Å². The molecule has 0 aliphatic carbocycles. The molecule has 4 rings (SSSR count). The van der Waals surface area contributed by atoms with Crippen LogP contribution in [0.1, 0.15) is 32.4 Å². The van der Waals surface area contributed by atoms with Gasteiger partial charge >= 0.3 is 0 Å². The van der Waals surface area contributed by atoms with E-state index in [9.17, 15) is 18.3 Å². The van der Waals surface area contributed by atoms with E-state index < -0.39 is 16.1 Å². The third-order valence-corrected chi connectivity index (χ3v) is 8.63. The molecular formula is C25H35N7O5S. The summed E-state index contributed by atoms with van der Waals surface area (Å²) in [7, 11) is -2.30. The maximum atomic E-state index is 13.4. The number of hydrogen-bond donors (Lipinski definition) is 1. The summed E-state index contributed by atoms with van der Waals surface area (Å²) in [5.41, 5.74) is 1.38. The maximum Gasteiger partial charge on any atom is 0.242 e. The molecule has 1 amide bonds. The number of carbonyl (C=O) groups is 1. The van der Waals surface area contributed by atoms with Crippen LogP contribution >= 0.6 is 0 Å². The minimum atomic E-state index is -3.82. The van der Waals surface area contributed by atoms with Crippen molar-refractivity contribution in [2.45, 2.75) is 56.9 Å². The molecule has 1 aliphatic rings. The fraction of sp³-hybridized carbons (Fsp3) is 0.520. The van der Waals surface area contributed by atoms with Crippen LogP contribution in [0.2, 0.25) is 0 Å². The minimum Gasteiger partial charge on any atom is -0.394 e. The first-order chi connectivity index (χ1) is 18.2. The highest BCUT2D eigenvalue weighted by atomic mass is 32.2. The van der Waals surface area contributed by atoms with Crippen molar-refractivity contribution in [3.8, 4) is 5.69 Å². The predicted octanol–water partition coefficient (Wildman–Crippen LogP) is 1.31. The largest absolute Gasteiger partial charge is 0.394 e. The van der Waals surface area contributed by atoms with Crippen LogP contribution in [0, 0.1) is 5.92 Å². The highest BCUT2D eigenvalue weighted by molar-refractivity contribution is 7.89. The van der Waals surface area contributed by atoms with E-state index in [0.29, 0.717) is 31.6 Å². The van der Waals surface area contributed by atoms with Crippen LogP contribution < -0.4 is 0 Å². The number of fused-ring (bicyclic) bond motifs is 2. The van der Waals surface area contributed by atoms with Crippen LogP contribution in [0.25, 0.3) is 5.69 Å². The Morgan fingerprint density at radius 3 is 2.71 bits per heavy atom. The summed E-state index contributed by atoms with van der Waals surface area (Å²) in [6.45, 7) is 4.63. The predicted molar refractivity (Wildman–Crippen MR) is 139 cm³/mol. The monoisotopic (exact) mass is 545 g/mol. The molecule has 0 fully saturated rings. The first-order valence-corrected chi connectivity index (χ1v) is 14.1. The molecule has 1 aliphatic heterocycles. The second-order valence-corrected chi connectivity index (χ2v) is 11.8. The summed E-state index contributed by atoms with van der Waals surface area (Å²) in [5, 5.41) is 22.2. The van der Waals surface area contributed by atoms with E-state index in [0.717, 1.165) is 5.69 Å². The topological polar surface area (TPSA) is 136 Å². The lowest BCUT2D eigenvalue weighted by Gasteiger charge is -2.35. The third kappa shape index (κ3) is 6.46. The molecule has 206 valence electrons. The Morgan fingerprint density at radius 1 is 1.26 bits per heavy atom. The fourth-order valence-corrected chi connectivity index (χ4v) is 5.60. The lowest BCUT2D eigenvalue weighted by Crippen LogP contribution is -2.47. The highest BCUT2D eigenvalue weighted by Gasteiger charge is 2.31. The van der Waals surface area contributed by atoms with E-state index in [1.807, 2.05) is 6.92 Å². The molecule has 0 saturated heterocycles. The number of aliphatic hydroxyl groups excluding tert-OH is 1. The molecule has 13 heteroatoms. The lowest BCUT2D eigenvalue weighted by atomic mass is 10.0. The number of hydrogen-bond acceptors (Lipinski definition) is 8. The molecule has 12 nitrogen and oxygen atoms in total. The number of rotatable bonds is 7. The van der Waals surface area contributed by atoms with Gasteiger partial charge in [0.1, 0.15) is 5.69 Å². The van der Waals surface area contributed by atoms with Gasteiger partial charge in [-0.25, -0.2) is 13.1 Å². The highest BCUT2D eigenvalue weighted by Crippen LogP contribution is 2.21. The van der Waals surface area contributed by atoms with Gasteiger partial charge in [-0.3, -0.25) is 9.48 Å². The number of ether oxygens (including phenoxy) is 1. The van der Waals surface area contributed by atoms with Gasteiger partial charge in [0, 0.05) is 51.4 Å². The zero-order valence-electron chi connectivity index (χ0n) is 21.9. The van der Waals surface area contributed by atoms with Gasteiger partial charge in [-0.2, -0.15) is 9.40 Å². The van der Waals surface area contributed by atoms with Crippen LogP contribution in [0.5, 0.6) is 0 Å². The Kier molecular flexibility index (Phi) is 8.92. The molecule has 0 radical (unpaired) electrons. The molecule has 1 N–H and O–H groups in total. The van der Waals surface area contributed by atoms with E-state index >= 15 is 0 Å². The molecule has 0 saturated carbocycles. The van der Waals surface area contributed by atoms with Crippen LogP contribution in [-0.2, 0) is 32.7 Å². The zero-order valence-corrected chi connectivity index (χ0v) is 22.7. The van der Waals surface area contributed by atoms with Crippen LogP contribution in [0.3, 0.4) is 0 Å². The van der Waals surface area contributed by atoms with E-state index in [1.54, 1.807) is 70.1 Å². The van der Waals surface area contributed by atoms with Gasteiger partial charge in [0.15, 0.2) is 0 Å². The van der Waals surface area contributed by atoms with Crippen molar-refractivity contribution in [1.29, 1.82) is 0 Å². The molecule has 1 aromatic carbocycles. The molecule has 2 bridgehead atoms. The summed E-state index contributed by atoms with van der Waals surface area (Å²) < 4.78 is 37.7. The van der Waals surface area contributed by atoms with Crippen molar-refractivity contribution in [2.75, 3.05) is 26.7 Å². The van der Waals surface area contributed by atoms with Crippen molar-refractivity contribution in [1.82, 2.24) is 34.0 Å².